The van der Waals surface area contributed by atoms with Crippen LogP contribution < -0.4 is 9.80 Å². The number of hydrogen-bond donors (Lipinski definition) is 0. The van der Waals surface area contributed by atoms with E-state index in [1.807, 2.05) is 31.1 Å². The Bertz CT molecular complexity index is 1320. The molecule has 0 spiro atoms. The third-order valence-electron chi connectivity index (χ3n) is 6.44. The van der Waals surface area contributed by atoms with Crippen molar-refractivity contribution < 1.29 is 13.9 Å². The van der Waals surface area contributed by atoms with E-state index in [-0.39, 0.29) is 17.8 Å². The molecule has 36 heavy (non-hydrogen) atoms. The van der Waals surface area contributed by atoms with Crippen LogP contribution in [0.3, 0.4) is 0 Å². The molecular weight excluding hydrogens is 453 g/mol. The first-order valence-corrected chi connectivity index (χ1v) is 12.0. The predicted molar refractivity (Wildman–Crippen MR) is 143 cm³/mol. The number of allylic oxidation sites excluding steroid dienone is 1. The molecule has 6 heteroatoms. The number of nitriles is 1. The molecule has 1 aliphatic heterocycles. The van der Waals surface area contributed by atoms with Crippen LogP contribution in [0.25, 0.3) is 16.7 Å². The quantitative estimate of drug-likeness (QED) is 0.386. The van der Waals surface area contributed by atoms with Crippen LogP contribution in [0.5, 0.6) is 0 Å². The van der Waals surface area contributed by atoms with Crippen molar-refractivity contribution in [2.75, 3.05) is 29.9 Å². The minimum atomic E-state index is -0.498. The van der Waals surface area contributed by atoms with Crippen LogP contribution in [-0.2, 0) is 4.74 Å². The molecule has 0 N–H and O–H groups in total. The van der Waals surface area contributed by atoms with E-state index in [0.717, 1.165) is 36.3 Å². The summed E-state index contributed by atoms with van der Waals surface area (Å²) in [5, 5.41) is 9.08. The number of carbonyl (C=O) groups is 1. The van der Waals surface area contributed by atoms with Gasteiger partial charge in [0, 0.05) is 48.8 Å². The van der Waals surface area contributed by atoms with E-state index in [1.54, 1.807) is 30.3 Å². The van der Waals surface area contributed by atoms with Crippen molar-refractivity contribution in [1.82, 2.24) is 0 Å². The predicted octanol–water partition coefficient (Wildman–Crippen LogP) is 6.29. The Kier molecular flexibility index (Phi) is 7.52. The third kappa shape index (κ3) is 5.32. The smallest absolute Gasteiger partial charge is 0.150 e. The molecule has 0 aliphatic carbocycles. The molecule has 1 aliphatic rings. The molecule has 3 aromatic rings. The van der Waals surface area contributed by atoms with Crippen molar-refractivity contribution in [1.29, 1.82) is 5.26 Å². The number of hydrogen-bond acceptors (Lipinski definition) is 5. The van der Waals surface area contributed by atoms with Crippen LogP contribution in [0.1, 0.15) is 42.3 Å². The minimum Gasteiger partial charge on any atom is -0.372 e. The molecule has 1 saturated heterocycles. The van der Waals surface area contributed by atoms with Gasteiger partial charge in [-0.25, -0.2) is 4.39 Å². The molecule has 184 valence electrons. The molecule has 2 atom stereocenters. The summed E-state index contributed by atoms with van der Waals surface area (Å²) in [5.41, 5.74) is 5.30. The van der Waals surface area contributed by atoms with Gasteiger partial charge in [0.15, 0.2) is 6.29 Å². The summed E-state index contributed by atoms with van der Waals surface area (Å²) >= 11 is 0. The lowest BCUT2D eigenvalue weighted by Gasteiger charge is -2.37. The molecule has 4 rings (SSSR count). The Hall–Kier alpha value is -3.95. The third-order valence-corrected chi connectivity index (χ3v) is 6.44. The zero-order valence-electron chi connectivity index (χ0n) is 21.0. The first-order chi connectivity index (χ1) is 17.3. The van der Waals surface area contributed by atoms with Gasteiger partial charge in [-0.3, -0.25) is 4.79 Å². The normalized spacial score (nSPS) is 18.0. The average molecular weight is 484 g/mol. The Labute approximate surface area is 212 Å². The zero-order valence-corrected chi connectivity index (χ0v) is 21.0. The number of anilines is 2. The van der Waals surface area contributed by atoms with Crippen LogP contribution in [0.4, 0.5) is 15.8 Å². The summed E-state index contributed by atoms with van der Waals surface area (Å²) in [6.45, 7) is 7.81. The minimum absolute atomic E-state index is 0.190. The standard InChI is InChI=1S/C30H30FN3O2/c1-20(16-33(4)25-9-11-26(12-10-25)34-17-21(2)36-22(3)18-34)30-24(19-35)6-5-7-28(30)27-13-8-23(15-32)14-29(27)31/h5-14,16,19,21-22H,17-18H2,1-4H3/b20-16-. The summed E-state index contributed by atoms with van der Waals surface area (Å²) < 4.78 is 20.7. The maximum atomic E-state index is 14.9. The highest BCUT2D eigenvalue weighted by atomic mass is 19.1. The van der Waals surface area contributed by atoms with E-state index >= 15 is 0 Å². The number of carbonyl (C=O) groups excluding carboxylic acids is 1. The van der Waals surface area contributed by atoms with Gasteiger partial charge in [-0.15, -0.1) is 0 Å². The molecule has 1 fully saturated rings. The van der Waals surface area contributed by atoms with E-state index in [1.165, 1.54) is 6.07 Å². The van der Waals surface area contributed by atoms with Crippen molar-refractivity contribution in [2.24, 2.45) is 0 Å². The Morgan fingerprint density at radius 3 is 2.39 bits per heavy atom. The molecule has 0 amide bonds. The molecule has 0 aromatic heterocycles. The lowest BCUT2D eigenvalue weighted by atomic mass is 9.91. The van der Waals surface area contributed by atoms with Crippen molar-refractivity contribution in [2.45, 2.75) is 33.0 Å². The van der Waals surface area contributed by atoms with Crippen molar-refractivity contribution >= 4 is 23.2 Å². The van der Waals surface area contributed by atoms with Crippen LogP contribution in [-0.4, -0.2) is 38.6 Å². The maximum absolute atomic E-state index is 14.9. The molecule has 5 nitrogen and oxygen atoms in total. The van der Waals surface area contributed by atoms with E-state index in [2.05, 4.69) is 43.0 Å². The summed E-state index contributed by atoms with van der Waals surface area (Å²) in [6, 6.07) is 20.0. The lowest BCUT2D eigenvalue weighted by molar-refractivity contribution is -0.00521. The van der Waals surface area contributed by atoms with Gasteiger partial charge in [-0.05, 0) is 73.9 Å². The fourth-order valence-corrected chi connectivity index (χ4v) is 4.85. The van der Waals surface area contributed by atoms with Crippen molar-refractivity contribution in [3.63, 3.8) is 0 Å². The SMILES string of the molecule is C/C(=C/N(C)c1ccc(N2CC(C)OC(C)C2)cc1)c1c(C=O)cccc1-c1ccc(C#N)cc1F. The molecule has 3 aromatic carbocycles. The highest BCUT2D eigenvalue weighted by Gasteiger charge is 2.22. The summed E-state index contributed by atoms with van der Waals surface area (Å²) in [4.78, 5) is 16.2. The molecule has 2 unspecified atom stereocenters. The van der Waals surface area contributed by atoms with Gasteiger partial charge in [0.1, 0.15) is 5.82 Å². The van der Waals surface area contributed by atoms with Gasteiger partial charge in [-0.2, -0.15) is 5.26 Å². The summed E-state index contributed by atoms with van der Waals surface area (Å²) in [5.74, 6) is -0.498. The zero-order chi connectivity index (χ0) is 25.8. The van der Waals surface area contributed by atoms with Gasteiger partial charge >= 0.3 is 0 Å². The second kappa shape index (κ2) is 10.8. The van der Waals surface area contributed by atoms with Gasteiger partial charge in [0.2, 0.25) is 0 Å². The summed E-state index contributed by atoms with van der Waals surface area (Å²) in [6.07, 6.45) is 3.11. The monoisotopic (exact) mass is 483 g/mol. The Morgan fingerprint density at radius 2 is 1.78 bits per heavy atom. The largest absolute Gasteiger partial charge is 0.372 e. The Balaban J connectivity index is 1.64. The number of ether oxygens (including phenoxy) is 1. The number of morpholine rings is 1. The maximum Gasteiger partial charge on any atom is 0.150 e. The van der Waals surface area contributed by atoms with E-state index in [9.17, 15) is 9.18 Å². The fraction of sp³-hybridized carbons (Fsp3) is 0.267. The van der Waals surface area contributed by atoms with Gasteiger partial charge in [0.05, 0.1) is 23.8 Å². The van der Waals surface area contributed by atoms with Gasteiger partial charge in [-0.1, -0.05) is 24.3 Å². The van der Waals surface area contributed by atoms with Crippen LogP contribution in [0.15, 0.2) is 66.9 Å². The highest BCUT2D eigenvalue weighted by molar-refractivity contribution is 5.93. The van der Waals surface area contributed by atoms with Crippen molar-refractivity contribution in [3.8, 4) is 17.2 Å². The van der Waals surface area contributed by atoms with Crippen LogP contribution in [0, 0.1) is 17.1 Å². The number of nitrogens with zero attached hydrogens (tertiary/aromatic N) is 3. The van der Waals surface area contributed by atoms with Gasteiger partial charge < -0.3 is 14.5 Å². The number of benzene rings is 3. The van der Waals surface area contributed by atoms with E-state index in [0.29, 0.717) is 22.3 Å². The molecule has 0 saturated carbocycles. The number of rotatable bonds is 6. The van der Waals surface area contributed by atoms with Crippen LogP contribution in [0.2, 0.25) is 0 Å². The molecule has 0 bridgehead atoms. The van der Waals surface area contributed by atoms with E-state index in [4.69, 9.17) is 10.00 Å². The second-order valence-corrected chi connectivity index (χ2v) is 9.30. The fourth-order valence-electron chi connectivity index (χ4n) is 4.85. The first kappa shape index (κ1) is 25.2. The summed E-state index contributed by atoms with van der Waals surface area (Å²) in [7, 11) is 1.95. The number of halogens is 1. The van der Waals surface area contributed by atoms with Crippen molar-refractivity contribution in [3.05, 3.63) is 89.4 Å². The molecule has 0 radical (unpaired) electrons. The van der Waals surface area contributed by atoms with Crippen LogP contribution >= 0.6 is 0 Å². The van der Waals surface area contributed by atoms with E-state index < -0.39 is 5.82 Å². The topological polar surface area (TPSA) is 56.6 Å². The average Bonchev–Trinajstić information content (AvgIpc) is 2.87. The number of aldehydes is 1. The lowest BCUT2D eigenvalue weighted by Crippen LogP contribution is -2.45. The molecule has 1 heterocycles. The molecular formula is C30H30FN3O2. The Morgan fingerprint density at radius 1 is 1.08 bits per heavy atom. The highest BCUT2D eigenvalue weighted by Crippen LogP contribution is 2.34. The van der Waals surface area contributed by atoms with Gasteiger partial charge in [0.25, 0.3) is 0 Å². The second-order valence-electron chi connectivity index (χ2n) is 9.30. The first-order valence-electron chi connectivity index (χ1n) is 12.0.